The van der Waals surface area contributed by atoms with E-state index in [2.05, 4.69) is 6.92 Å². The predicted octanol–water partition coefficient (Wildman–Crippen LogP) is 7.17. The highest BCUT2D eigenvalue weighted by molar-refractivity contribution is 5.66. The van der Waals surface area contributed by atoms with Crippen LogP contribution in [0, 0.1) is 17.6 Å². The maximum Gasteiger partial charge on any atom is 0.201 e. The predicted molar refractivity (Wildman–Crippen MR) is 120 cm³/mol. The third-order valence-electron chi connectivity index (χ3n) is 5.83. The number of hydrogen-bond acceptors (Lipinski definition) is 3. The number of benzene rings is 2. The van der Waals surface area contributed by atoms with E-state index in [9.17, 15) is 8.78 Å². The summed E-state index contributed by atoms with van der Waals surface area (Å²) < 4.78 is 46.0. The van der Waals surface area contributed by atoms with Crippen molar-refractivity contribution in [2.75, 3.05) is 19.8 Å². The molecule has 1 aliphatic rings. The van der Waals surface area contributed by atoms with E-state index < -0.39 is 11.6 Å². The van der Waals surface area contributed by atoms with Crippen molar-refractivity contribution in [1.82, 2.24) is 0 Å². The average molecular weight is 433 g/mol. The largest absolute Gasteiger partial charge is 0.491 e. The Morgan fingerprint density at radius 3 is 2.35 bits per heavy atom. The number of hydrogen-bond donors (Lipinski definition) is 0. The first kappa shape index (κ1) is 23.5. The molecule has 1 heterocycles. The molecule has 0 spiro atoms. The van der Waals surface area contributed by atoms with Crippen molar-refractivity contribution in [3.8, 4) is 22.6 Å². The van der Waals surface area contributed by atoms with Crippen LogP contribution in [-0.2, 0) is 4.74 Å². The van der Waals surface area contributed by atoms with Gasteiger partial charge >= 0.3 is 0 Å². The summed E-state index contributed by atoms with van der Waals surface area (Å²) in [5, 5.41) is 0. The van der Waals surface area contributed by atoms with Crippen molar-refractivity contribution in [3.63, 3.8) is 0 Å². The first-order chi connectivity index (χ1) is 15.1. The van der Waals surface area contributed by atoms with Gasteiger partial charge in [0.15, 0.2) is 11.6 Å². The molecule has 0 aromatic heterocycles. The van der Waals surface area contributed by atoms with E-state index in [4.69, 9.17) is 14.2 Å². The molecule has 1 saturated heterocycles. The molecule has 0 bridgehead atoms. The Bertz CT molecular complexity index is 799. The highest BCUT2D eigenvalue weighted by Crippen LogP contribution is 2.31. The molecule has 1 fully saturated rings. The van der Waals surface area contributed by atoms with Crippen molar-refractivity contribution in [2.24, 2.45) is 5.92 Å². The molecule has 2 aromatic rings. The fourth-order valence-corrected chi connectivity index (χ4v) is 3.82. The van der Waals surface area contributed by atoms with Gasteiger partial charge in [0.2, 0.25) is 5.82 Å². The normalized spacial score (nSPS) is 18.7. The second-order valence-electron chi connectivity index (χ2n) is 8.32. The summed E-state index contributed by atoms with van der Waals surface area (Å²) in [6.45, 7) is 5.93. The van der Waals surface area contributed by atoms with Crippen molar-refractivity contribution < 1.29 is 23.0 Å². The van der Waals surface area contributed by atoms with E-state index in [0.717, 1.165) is 25.9 Å². The topological polar surface area (TPSA) is 27.7 Å². The lowest BCUT2D eigenvalue weighted by Gasteiger charge is -2.29. The highest BCUT2D eigenvalue weighted by Gasteiger charge is 2.22. The van der Waals surface area contributed by atoms with Gasteiger partial charge in [0.1, 0.15) is 12.4 Å². The van der Waals surface area contributed by atoms with Gasteiger partial charge in [0.25, 0.3) is 0 Å². The molecule has 31 heavy (non-hydrogen) atoms. The highest BCUT2D eigenvalue weighted by atomic mass is 19.2. The monoisotopic (exact) mass is 432 g/mol. The van der Waals surface area contributed by atoms with Crippen molar-refractivity contribution in [2.45, 2.75) is 64.9 Å². The number of halogens is 2. The molecule has 2 unspecified atom stereocenters. The SMILES string of the molecule is CCCCOc1ccc(-c2ccc(OCC3CCC(CCCC)CO3)cc2)c(F)c1F. The van der Waals surface area contributed by atoms with Crippen molar-refractivity contribution in [3.05, 3.63) is 48.0 Å². The van der Waals surface area contributed by atoms with Gasteiger partial charge in [-0.3, -0.25) is 0 Å². The van der Waals surface area contributed by atoms with Crippen LogP contribution in [-0.4, -0.2) is 25.9 Å². The maximum atomic E-state index is 14.6. The van der Waals surface area contributed by atoms with Crippen LogP contribution in [0.15, 0.2) is 36.4 Å². The zero-order chi connectivity index (χ0) is 22.1. The summed E-state index contributed by atoms with van der Waals surface area (Å²) in [5.41, 5.74) is 0.803. The Hall–Kier alpha value is -2.14. The molecule has 170 valence electrons. The minimum atomic E-state index is -0.944. The molecule has 3 rings (SSSR count). The molecule has 2 aromatic carbocycles. The first-order valence-electron chi connectivity index (χ1n) is 11.6. The molecule has 1 aliphatic heterocycles. The first-order valence-corrected chi connectivity index (χ1v) is 11.6. The third-order valence-corrected chi connectivity index (χ3v) is 5.83. The Kier molecular flexibility index (Phi) is 9.13. The third kappa shape index (κ3) is 6.67. The van der Waals surface area contributed by atoms with Crippen LogP contribution in [0.25, 0.3) is 11.1 Å². The summed E-state index contributed by atoms with van der Waals surface area (Å²) in [6, 6.07) is 10.1. The number of unbranched alkanes of at least 4 members (excludes halogenated alkanes) is 2. The van der Waals surface area contributed by atoms with E-state index in [0.29, 0.717) is 30.4 Å². The molecule has 5 heteroatoms. The van der Waals surface area contributed by atoms with Crippen LogP contribution in [0.3, 0.4) is 0 Å². The molecule has 0 radical (unpaired) electrons. The van der Waals surface area contributed by atoms with Gasteiger partial charge in [-0.1, -0.05) is 45.2 Å². The fourth-order valence-electron chi connectivity index (χ4n) is 3.82. The summed E-state index contributed by atoms with van der Waals surface area (Å²) >= 11 is 0. The van der Waals surface area contributed by atoms with Crippen molar-refractivity contribution >= 4 is 0 Å². The fraction of sp³-hybridized carbons (Fsp3) is 0.538. The zero-order valence-electron chi connectivity index (χ0n) is 18.7. The standard InChI is InChI=1S/C26H34F2O3/c1-3-5-7-19-8-11-22(30-17-19)18-31-21-12-9-20(10-13-21)23-14-15-24(26(28)25(23)27)29-16-6-4-2/h9-10,12-15,19,22H,3-8,11,16-18H2,1-2H3. The molecular formula is C26H34F2O3. The van der Waals surface area contributed by atoms with E-state index in [1.807, 2.05) is 6.92 Å². The van der Waals surface area contributed by atoms with Gasteiger partial charge < -0.3 is 14.2 Å². The van der Waals surface area contributed by atoms with E-state index in [-0.39, 0.29) is 17.4 Å². The lowest BCUT2D eigenvalue weighted by molar-refractivity contribution is -0.0393. The Labute approximate surface area is 184 Å². The smallest absolute Gasteiger partial charge is 0.201 e. The second kappa shape index (κ2) is 12.0. The molecule has 0 amide bonds. The molecule has 0 aliphatic carbocycles. The summed E-state index contributed by atoms with van der Waals surface area (Å²) in [7, 11) is 0. The zero-order valence-corrected chi connectivity index (χ0v) is 18.7. The molecular weight excluding hydrogens is 398 g/mol. The minimum absolute atomic E-state index is 0.0425. The van der Waals surface area contributed by atoms with E-state index in [1.165, 1.54) is 31.7 Å². The lowest BCUT2D eigenvalue weighted by atomic mass is 9.94. The number of rotatable bonds is 11. The Balaban J connectivity index is 1.53. The van der Waals surface area contributed by atoms with Crippen LogP contribution in [0.2, 0.25) is 0 Å². The van der Waals surface area contributed by atoms with Crippen LogP contribution in [0.1, 0.15) is 58.8 Å². The maximum absolute atomic E-state index is 14.6. The van der Waals surface area contributed by atoms with Gasteiger partial charge in [0, 0.05) is 12.2 Å². The van der Waals surface area contributed by atoms with Crippen molar-refractivity contribution in [1.29, 1.82) is 0 Å². The second-order valence-corrected chi connectivity index (χ2v) is 8.32. The molecule has 3 nitrogen and oxygen atoms in total. The van der Waals surface area contributed by atoms with Gasteiger partial charge in [-0.2, -0.15) is 4.39 Å². The van der Waals surface area contributed by atoms with Gasteiger partial charge in [-0.25, -0.2) is 4.39 Å². The molecule has 2 atom stereocenters. The van der Waals surface area contributed by atoms with Gasteiger partial charge in [-0.15, -0.1) is 0 Å². The van der Waals surface area contributed by atoms with Crippen LogP contribution in [0.5, 0.6) is 11.5 Å². The van der Waals surface area contributed by atoms with Gasteiger partial charge in [-0.05, 0) is 61.4 Å². The lowest BCUT2D eigenvalue weighted by Crippen LogP contribution is -2.30. The minimum Gasteiger partial charge on any atom is -0.491 e. The molecule has 0 N–H and O–H groups in total. The van der Waals surface area contributed by atoms with E-state index >= 15 is 0 Å². The van der Waals surface area contributed by atoms with Crippen LogP contribution >= 0.6 is 0 Å². The Morgan fingerprint density at radius 2 is 1.68 bits per heavy atom. The summed E-state index contributed by atoms with van der Waals surface area (Å²) in [5.74, 6) is -0.509. The average Bonchev–Trinajstić information content (AvgIpc) is 2.80. The Morgan fingerprint density at radius 1 is 0.903 bits per heavy atom. The summed E-state index contributed by atoms with van der Waals surface area (Å²) in [4.78, 5) is 0. The van der Waals surface area contributed by atoms with E-state index in [1.54, 1.807) is 30.3 Å². The molecule has 0 saturated carbocycles. The quantitative estimate of drug-likeness (QED) is 0.352. The van der Waals surface area contributed by atoms with Crippen LogP contribution < -0.4 is 9.47 Å². The summed E-state index contributed by atoms with van der Waals surface area (Å²) in [6.07, 6.45) is 7.80. The van der Waals surface area contributed by atoms with Gasteiger partial charge in [0.05, 0.1) is 12.7 Å². The number of ether oxygens (including phenoxy) is 3. The van der Waals surface area contributed by atoms with Crippen LogP contribution in [0.4, 0.5) is 8.78 Å².